The smallest absolute Gasteiger partial charge is 0.251 e. The van der Waals surface area contributed by atoms with Gasteiger partial charge in [-0.25, -0.2) is 4.99 Å². The van der Waals surface area contributed by atoms with E-state index in [4.69, 9.17) is 15.2 Å². The molecule has 0 aliphatic heterocycles. The number of ether oxygens (including phenoxy) is 2. The van der Waals surface area contributed by atoms with Crippen molar-refractivity contribution in [1.29, 1.82) is 0 Å². The van der Waals surface area contributed by atoms with E-state index < -0.39 is 0 Å². The predicted octanol–water partition coefficient (Wildman–Crippen LogP) is 3.90. The Morgan fingerprint density at radius 1 is 1.13 bits per heavy atom. The summed E-state index contributed by atoms with van der Waals surface area (Å²) in [5, 5.41) is 14.8. The minimum atomic E-state index is -0.289. The Hall–Kier alpha value is -3.23. The fourth-order valence-electron chi connectivity index (χ4n) is 2.85. The molecule has 0 radical (unpaired) electrons. The van der Waals surface area contributed by atoms with Crippen LogP contribution in [-0.4, -0.2) is 37.6 Å². The highest BCUT2D eigenvalue weighted by Gasteiger charge is 2.15. The monoisotopic (exact) mass is 461 g/mol. The molecule has 0 unspecified atom stereocenters. The van der Waals surface area contributed by atoms with E-state index in [-0.39, 0.29) is 35.6 Å². The number of aromatic hydroxyl groups is 1. The number of phenolic OH excluding ortho intramolecular Hbond substituents is 1. The van der Waals surface area contributed by atoms with Crippen LogP contribution in [0.5, 0.6) is 17.2 Å². The Morgan fingerprint density at radius 3 is 2.45 bits per heavy atom. The highest BCUT2D eigenvalue weighted by atomic mass is 35.5. The average Bonchev–Trinajstić information content (AvgIpc) is 3.29. The average molecular weight is 462 g/mol. The molecule has 1 heterocycles. The molecule has 0 spiro atoms. The number of amides is 1. The highest BCUT2D eigenvalue weighted by Crippen LogP contribution is 2.37. The lowest BCUT2D eigenvalue weighted by molar-refractivity contribution is 0.0953. The summed E-state index contributed by atoms with van der Waals surface area (Å²) in [6.45, 7) is 0.428. The van der Waals surface area contributed by atoms with Crippen LogP contribution in [0.25, 0.3) is 0 Å². The molecule has 0 aliphatic carbocycles. The van der Waals surface area contributed by atoms with Gasteiger partial charge >= 0.3 is 0 Å². The van der Waals surface area contributed by atoms with Crippen molar-refractivity contribution in [2.75, 3.05) is 20.8 Å². The standard InChI is InChI=1S/C22H23N3O4S.ClH/c1-28-17-12-15(13-18(29-2)20(17)26)22(27)24-9-8-14-5-3-6-16(11-14)25-21(23)19-7-4-10-30-19;/h3-7,10-13,26H,8-9H2,1-2H3,(H2,23,25)(H,24,27);1H. The quantitative estimate of drug-likeness (QED) is 0.348. The Kier molecular flexibility index (Phi) is 8.72. The van der Waals surface area contributed by atoms with Crippen LogP contribution in [0.4, 0.5) is 5.69 Å². The predicted molar refractivity (Wildman–Crippen MR) is 126 cm³/mol. The molecule has 4 N–H and O–H groups in total. The Balaban J connectivity index is 0.00000341. The summed E-state index contributed by atoms with van der Waals surface area (Å²) >= 11 is 1.54. The van der Waals surface area contributed by atoms with E-state index in [1.54, 1.807) is 0 Å². The lowest BCUT2D eigenvalue weighted by Gasteiger charge is -2.11. The van der Waals surface area contributed by atoms with Gasteiger partial charge in [-0.3, -0.25) is 4.79 Å². The van der Waals surface area contributed by atoms with Crippen LogP contribution in [0.15, 0.2) is 58.9 Å². The number of halogens is 1. The number of rotatable bonds is 8. The third-order valence-electron chi connectivity index (χ3n) is 4.37. The molecule has 1 aromatic heterocycles. The first kappa shape index (κ1) is 24.0. The Morgan fingerprint density at radius 2 is 1.84 bits per heavy atom. The van der Waals surface area contributed by atoms with Crippen LogP contribution in [0.3, 0.4) is 0 Å². The second-order valence-electron chi connectivity index (χ2n) is 6.38. The van der Waals surface area contributed by atoms with Crippen LogP contribution in [-0.2, 0) is 6.42 Å². The van der Waals surface area contributed by atoms with Crippen molar-refractivity contribution in [3.63, 3.8) is 0 Å². The van der Waals surface area contributed by atoms with E-state index in [0.717, 1.165) is 16.1 Å². The molecule has 3 rings (SSSR count). The fourth-order valence-corrected chi connectivity index (χ4v) is 3.47. The number of benzene rings is 2. The number of phenols is 1. The molecular weight excluding hydrogens is 438 g/mol. The topological polar surface area (TPSA) is 106 Å². The first-order valence-electron chi connectivity index (χ1n) is 9.22. The van der Waals surface area contributed by atoms with Gasteiger partial charge in [-0.1, -0.05) is 18.2 Å². The van der Waals surface area contributed by atoms with Gasteiger partial charge in [-0.05, 0) is 47.7 Å². The van der Waals surface area contributed by atoms with Gasteiger partial charge in [0.25, 0.3) is 5.91 Å². The fraction of sp³-hybridized carbons (Fsp3) is 0.182. The van der Waals surface area contributed by atoms with Gasteiger partial charge in [0.05, 0.1) is 24.8 Å². The SMILES string of the molecule is COc1cc(C(=O)NCCc2cccc(N=C(N)c3cccs3)c2)cc(OC)c1O.Cl. The molecule has 0 saturated carbocycles. The molecule has 3 aromatic rings. The van der Waals surface area contributed by atoms with Gasteiger partial charge in [0.2, 0.25) is 5.75 Å². The molecule has 9 heteroatoms. The molecule has 2 aromatic carbocycles. The van der Waals surface area contributed by atoms with Gasteiger partial charge in [0.15, 0.2) is 11.5 Å². The number of thiophene rings is 1. The maximum atomic E-state index is 12.5. The van der Waals surface area contributed by atoms with E-state index in [1.807, 2.05) is 41.8 Å². The Bertz CT molecular complexity index is 1030. The highest BCUT2D eigenvalue weighted by molar-refractivity contribution is 7.12. The van der Waals surface area contributed by atoms with Crippen molar-refractivity contribution < 1.29 is 19.4 Å². The second-order valence-corrected chi connectivity index (χ2v) is 7.33. The second kappa shape index (κ2) is 11.2. The molecular formula is C22H24ClN3O4S. The Labute approximate surface area is 190 Å². The molecule has 0 atom stereocenters. The van der Waals surface area contributed by atoms with Gasteiger partial charge < -0.3 is 25.6 Å². The third kappa shape index (κ3) is 6.13. The number of carbonyl (C=O) groups is 1. The maximum Gasteiger partial charge on any atom is 0.251 e. The molecule has 0 fully saturated rings. The summed E-state index contributed by atoms with van der Waals surface area (Å²) in [6.07, 6.45) is 0.625. The van der Waals surface area contributed by atoms with Gasteiger partial charge in [0.1, 0.15) is 5.84 Å². The van der Waals surface area contributed by atoms with E-state index in [2.05, 4.69) is 10.3 Å². The first-order chi connectivity index (χ1) is 14.5. The number of nitrogens with two attached hydrogens (primary N) is 1. The number of aliphatic imine (C=N–C) groups is 1. The molecule has 31 heavy (non-hydrogen) atoms. The first-order valence-corrected chi connectivity index (χ1v) is 10.1. The zero-order valence-electron chi connectivity index (χ0n) is 17.1. The summed E-state index contributed by atoms with van der Waals surface area (Å²) in [5.74, 6) is 0.394. The molecule has 7 nitrogen and oxygen atoms in total. The number of hydrogen-bond acceptors (Lipinski definition) is 6. The summed E-state index contributed by atoms with van der Waals surface area (Å²) in [6, 6.07) is 14.5. The number of carbonyl (C=O) groups excluding carboxylic acids is 1. The molecule has 1 amide bonds. The van der Waals surface area contributed by atoms with Crippen LogP contribution < -0.4 is 20.5 Å². The zero-order chi connectivity index (χ0) is 21.5. The summed E-state index contributed by atoms with van der Waals surface area (Å²) in [5.41, 5.74) is 8.17. The summed E-state index contributed by atoms with van der Waals surface area (Å²) in [7, 11) is 2.83. The zero-order valence-corrected chi connectivity index (χ0v) is 18.8. The van der Waals surface area contributed by atoms with E-state index in [1.165, 1.54) is 37.7 Å². The van der Waals surface area contributed by atoms with Crippen LogP contribution in [0.1, 0.15) is 20.8 Å². The van der Waals surface area contributed by atoms with Crippen LogP contribution in [0.2, 0.25) is 0 Å². The van der Waals surface area contributed by atoms with Crippen molar-refractivity contribution in [3.05, 3.63) is 69.9 Å². The largest absolute Gasteiger partial charge is 0.502 e. The number of nitrogens with zero attached hydrogens (tertiary/aromatic N) is 1. The van der Waals surface area contributed by atoms with Gasteiger partial charge in [0, 0.05) is 12.1 Å². The maximum absolute atomic E-state index is 12.5. The van der Waals surface area contributed by atoms with E-state index >= 15 is 0 Å². The van der Waals surface area contributed by atoms with Gasteiger partial charge in [-0.2, -0.15) is 0 Å². The van der Waals surface area contributed by atoms with Crippen molar-refractivity contribution in [1.82, 2.24) is 5.32 Å². The minimum Gasteiger partial charge on any atom is -0.502 e. The lowest BCUT2D eigenvalue weighted by atomic mass is 10.1. The number of nitrogens with one attached hydrogen (secondary N) is 1. The normalized spacial score (nSPS) is 10.8. The number of amidine groups is 1. The number of methoxy groups -OCH3 is 2. The van der Waals surface area contributed by atoms with Crippen molar-refractivity contribution >= 4 is 41.2 Å². The van der Waals surface area contributed by atoms with E-state index in [9.17, 15) is 9.90 Å². The van der Waals surface area contributed by atoms with Gasteiger partial charge in [-0.15, -0.1) is 23.7 Å². The van der Waals surface area contributed by atoms with Crippen molar-refractivity contribution in [3.8, 4) is 17.2 Å². The summed E-state index contributed by atoms with van der Waals surface area (Å²) in [4.78, 5) is 17.9. The minimum absolute atomic E-state index is 0. The molecule has 164 valence electrons. The number of hydrogen-bond donors (Lipinski definition) is 3. The van der Waals surface area contributed by atoms with Crippen LogP contribution in [0, 0.1) is 0 Å². The summed E-state index contributed by atoms with van der Waals surface area (Å²) < 4.78 is 10.2. The van der Waals surface area contributed by atoms with E-state index in [0.29, 0.717) is 24.4 Å². The molecule has 0 bridgehead atoms. The third-order valence-corrected chi connectivity index (χ3v) is 5.27. The molecule has 0 saturated heterocycles. The molecule has 0 aliphatic rings. The van der Waals surface area contributed by atoms with Crippen molar-refractivity contribution in [2.45, 2.75) is 6.42 Å². The lowest BCUT2D eigenvalue weighted by Crippen LogP contribution is -2.25. The van der Waals surface area contributed by atoms with Crippen LogP contribution >= 0.6 is 23.7 Å². The van der Waals surface area contributed by atoms with Crippen molar-refractivity contribution in [2.24, 2.45) is 10.7 Å².